The van der Waals surface area contributed by atoms with Crippen LogP contribution in [0.2, 0.25) is 0 Å². The minimum absolute atomic E-state index is 0.0527. The fourth-order valence-corrected chi connectivity index (χ4v) is 3.18. The van der Waals surface area contributed by atoms with Crippen molar-refractivity contribution in [3.05, 3.63) is 53.6 Å². The van der Waals surface area contributed by atoms with Crippen LogP contribution in [-0.4, -0.2) is 29.8 Å². The highest BCUT2D eigenvalue weighted by atomic mass is 35.5. The molecule has 0 saturated heterocycles. The zero-order chi connectivity index (χ0) is 17.8. The van der Waals surface area contributed by atoms with Crippen LogP contribution in [0, 0.1) is 5.92 Å². The SMILES string of the molecule is CCOC(=O)C1=C2C(Oc3ccccc3)=NC(Cl)=NC(C)C2CC=C1. The van der Waals surface area contributed by atoms with E-state index in [9.17, 15) is 4.79 Å². The topological polar surface area (TPSA) is 60.2 Å². The number of carbonyl (C=O) groups is 1. The second kappa shape index (κ2) is 7.66. The molecule has 0 spiro atoms. The Hall–Kier alpha value is -2.40. The van der Waals surface area contributed by atoms with Gasteiger partial charge in [-0.15, -0.1) is 0 Å². The molecule has 0 aromatic heterocycles. The summed E-state index contributed by atoms with van der Waals surface area (Å²) in [5.41, 5.74) is 1.14. The van der Waals surface area contributed by atoms with E-state index in [4.69, 9.17) is 21.1 Å². The summed E-state index contributed by atoms with van der Waals surface area (Å²) in [5, 5.41) is 0.114. The number of allylic oxidation sites excluding steroid dienone is 1. The number of para-hydroxylation sites is 1. The highest BCUT2D eigenvalue weighted by Gasteiger charge is 2.35. The largest absolute Gasteiger partial charge is 0.462 e. The first-order chi connectivity index (χ1) is 12.1. The Morgan fingerprint density at radius 3 is 2.80 bits per heavy atom. The lowest BCUT2D eigenvalue weighted by molar-refractivity contribution is -0.138. The average Bonchev–Trinajstić information content (AvgIpc) is 2.72. The lowest BCUT2D eigenvalue weighted by Crippen LogP contribution is -2.29. The molecule has 3 rings (SSSR count). The number of rotatable bonds is 3. The molecule has 0 amide bonds. The van der Waals surface area contributed by atoms with Crippen molar-refractivity contribution in [3.63, 3.8) is 0 Å². The quantitative estimate of drug-likeness (QED) is 0.608. The minimum Gasteiger partial charge on any atom is -0.462 e. The Balaban J connectivity index is 2.09. The Morgan fingerprint density at radius 1 is 1.32 bits per heavy atom. The molecule has 2 aliphatic rings. The van der Waals surface area contributed by atoms with Crippen LogP contribution in [0.25, 0.3) is 0 Å². The maximum Gasteiger partial charge on any atom is 0.338 e. The number of amidine groups is 1. The molecule has 6 heteroatoms. The third kappa shape index (κ3) is 3.82. The lowest BCUT2D eigenvalue weighted by Gasteiger charge is -2.26. The van der Waals surface area contributed by atoms with Gasteiger partial charge in [-0.2, -0.15) is 4.99 Å². The number of nitrogens with zero attached hydrogens (tertiary/aromatic N) is 2. The van der Waals surface area contributed by atoms with E-state index in [1.807, 2.05) is 43.3 Å². The van der Waals surface area contributed by atoms with Gasteiger partial charge in [0.05, 0.1) is 18.2 Å². The number of benzene rings is 1. The zero-order valence-corrected chi connectivity index (χ0v) is 14.9. The zero-order valence-electron chi connectivity index (χ0n) is 14.1. The molecule has 1 aromatic carbocycles. The Bertz CT molecular complexity index is 781. The number of hydrogen-bond acceptors (Lipinski definition) is 5. The molecule has 1 aliphatic carbocycles. The number of ether oxygens (including phenoxy) is 2. The first-order valence-electron chi connectivity index (χ1n) is 8.23. The molecule has 5 nitrogen and oxygen atoms in total. The highest BCUT2D eigenvalue weighted by Crippen LogP contribution is 2.34. The van der Waals surface area contributed by atoms with Crippen LogP contribution in [0.3, 0.4) is 0 Å². The van der Waals surface area contributed by atoms with Gasteiger partial charge in [0.2, 0.25) is 11.2 Å². The standard InChI is InChI=1S/C19H19ClN2O3/c1-3-24-18(23)15-11-7-10-14-12(2)21-19(20)22-17(16(14)15)25-13-8-5-4-6-9-13/h4-9,11-12,14H,3,10H2,1-2H3. The molecule has 130 valence electrons. The lowest BCUT2D eigenvalue weighted by atomic mass is 9.82. The molecular formula is C19H19ClN2O3. The van der Waals surface area contributed by atoms with E-state index in [1.165, 1.54) is 0 Å². The maximum absolute atomic E-state index is 12.4. The number of esters is 1. The summed E-state index contributed by atoms with van der Waals surface area (Å²) < 4.78 is 11.2. The van der Waals surface area contributed by atoms with Crippen molar-refractivity contribution in [1.29, 1.82) is 0 Å². The summed E-state index contributed by atoms with van der Waals surface area (Å²) in [6, 6.07) is 9.14. The van der Waals surface area contributed by atoms with E-state index in [2.05, 4.69) is 9.98 Å². The normalized spacial score (nSPS) is 22.5. The fraction of sp³-hybridized carbons (Fsp3) is 0.316. The molecule has 0 radical (unpaired) electrons. The predicted octanol–water partition coefficient (Wildman–Crippen LogP) is 3.90. The van der Waals surface area contributed by atoms with Crippen molar-refractivity contribution in [2.24, 2.45) is 15.9 Å². The van der Waals surface area contributed by atoms with Gasteiger partial charge in [0.25, 0.3) is 0 Å². The summed E-state index contributed by atoms with van der Waals surface area (Å²) in [6.45, 7) is 4.03. The highest BCUT2D eigenvalue weighted by molar-refractivity contribution is 6.65. The van der Waals surface area contributed by atoms with Crippen molar-refractivity contribution in [1.82, 2.24) is 0 Å². The third-order valence-electron chi connectivity index (χ3n) is 4.11. The maximum atomic E-state index is 12.4. The molecule has 0 fully saturated rings. The van der Waals surface area contributed by atoms with Crippen LogP contribution in [0.1, 0.15) is 20.3 Å². The second-order valence-electron chi connectivity index (χ2n) is 5.76. The van der Waals surface area contributed by atoms with Crippen molar-refractivity contribution in [3.8, 4) is 5.75 Å². The number of aliphatic imine (C=N–C) groups is 2. The number of hydrogen-bond donors (Lipinski definition) is 0. The Kier molecular flexibility index (Phi) is 5.34. The summed E-state index contributed by atoms with van der Waals surface area (Å²) in [5.74, 6) is 0.460. The summed E-state index contributed by atoms with van der Waals surface area (Å²) >= 11 is 6.15. The predicted molar refractivity (Wildman–Crippen MR) is 98.2 cm³/mol. The van der Waals surface area contributed by atoms with Gasteiger partial charge in [-0.05, 0) is 44.0 Å². The monoisotopic (exact) mass is 358 g/mol. The van der Waals surface area contributed by atoms with E-state index in [-0.39, 0.29) is 17.3 Å². The first kappa shape index (κ1) is 17.4. The Labute approximate surface area is 151 Å². The second-order valence-corrected chi connectivity index (χ2v) is 6.10. The van der Waals surface area contributed by atoms with E-state index in [1.54, 1.807) is 13.0 Å². The van der Waals surface area contributed by atoms with Crippen LogP contribution < -0.4 is 4.74 Å². The molecule has 2 unspecified atom stereocenters. The number of halogens is 1. The van der Waals surface area contributed by atoms with Gasteiger partial charge in [-0.25, -0.2) is 4.79 Å². The van der Waals surface area contributed by atoms with Gasteiger partial charge in [0, 0.05) is 11.5 Å². The van der Waals surface area contributed by atoms with Gasteiger partial charge in [0.1, 0.15) is 5.75 Å². The van der Waals surface area contributed by atoms with Crippen molar-refractivity contribution in [2.45, 2.75) is 26.3 Å². The van der Waals surface area contributed by atoms with Crippen molar-refractivity contribution >= 4 is 28.8 Å². The molecule has 0 saturated carbocycles. The molecule has 0 N–H and O–H groups in total. The number of fused-ring (bicyclic) bond motifs is 1. The molecule has 0 bridgehead atoms. The smallest absolute Gasteiger partial charge is 0.338 e. The van der Waals surface area contributed by atoms with Crippen LogP contribution >= 0.6 is 11.6 Å². The fourth-order valence-electron chi connectivity index (χ4n) is 2.95. The molecule has 2 atom stereocenters. The minimum atomic E-state index is -0.395. The van der Waals surface area contributed by atoms with E-state index in [0.29, 0.717) is 29.4 Å². The molecule has 25 heavy (non-hydrogen) atoms. The van der Waals surface area contributed by atoms with Gasteiger partial charge in [-0.1, -0.05) is 30.4 Å². The van der Waals surface area contributed by atoms with Gasteiger partial charge in [0.15, 0.2) is 0 Å². The van der Waals surface area contributed by atoms with Crippen LogP contribution in [0.4, 0.5) is 0 Å². The third-order valence-corrected chi connectivity index (χ3v) is 4.29. The summed E-state index contributed by atoms with van der Waals surface area (Å²) in [7, 11) is 0. The Morgan fingerprint density at radius 2 is 2.08 bits per heavy atom. The summed E-state index contributed by atoms with van der Waals surface area (Å²) in [4.78, 5) is 21.1. The van der Waals surface area contributed by atoms with Crippen molar-refractivity contribution < 1.29 is 14.3 Å². The average molecular weight is 359 g/mol. The van der Waals surface area contributed by atoms with E-state index >= 15 is 0 Å². The molecule has 1 aliphatic heterocycles. The summed E-state index contributed by atoms with van der Waals surface area (Å²) in [6.07, 6.45) is 4.44. The molecule has 1 aromatic rings. The molecular weight excluding hydrogens is 340 g/mol. The molecule has 1 heterocycles. The van der Waals surface area contributed by atoms with Crippen LogP contribution in [0.15, 0.2) is 63.6 Å². The van der Waals surface area contributed by atoms with E-state index < -0.39 is 5.97 Å². The number of carbonyl (C=O) groups excluding carboxylic acids is 1. The van der Waals surface area contributed by atoms with Crippen molar-refractivity contribution in [2.75, 3.05) is 6.61 Å². The van der Waals surface area contributed by atoms with Gasteiger partial charge < -0.3 is 9.47 Å². The van der Waals surface area contributed by atoms with Gasteiger partial charge >= 0.3 is 5.97 Å². The van der Waals surface area contributed by atoms with E-state index in [0.717, 1.165) is 6.42 Å². The van der Waals surface area contributed by atoms with Crippen LogP contribution in [-0.2, 0) is 9.53 Å². The van der Waals surface area contributed by atoms with Crippen LogP contribution in [0.5, 0.6) is 5.75 Å². The van der Waals surface area contributed by atoms with Gasteiger partial charge in [-0.3, -0.25) is 4.99 Å². The first-order valence-corrected chi connectivity index (χ1v) is 8.61.